The van der Waals surface area contributed by atoms with Crippen LogP contribution < -0.4 is 4.90 Å². The van der Waals surface area contributed by atoms with Crippen molar-refractivity contribution < 1.29 is 4.79 Å². The van der Waals surface area contributed by atoms with Crippen molar-refractivity contribution in [2.45, 2.75) is 13.8 Å². The molecule has 2 rings (SSSR count). The van der Waals surface area contributed by atoms with Crippen molar-refractivity contribution in [3.8, 4) is 0 Å². The van der Waals surface area contributed by atoms with Crippen LogP contribution in [0.2, 0.25) is 0 Å². The van der Waals surface area contributed by atoms with Crippen molar-refractivity contribution in [2.75, 3.05) is 18.0 Å². The van der Waals surface area contributed by atoms with Crippen LogP contribution in [0.4, 0.5) is 5.69 Å². The van der Waals surface area contributed by atoms with Gasteiger partial charge in [0.2, 0.25) is 0 Å². The van der Waals surface area contributed by atoms with Crippen molar-refractivity contribution >= 4 is 22.5 Å². The molecule has 0 aliphatic heterocycles. The average Bonchev–Trinajstić information content (AvgIpc) is 3.00. The molecule has 0 aliphatic rings. The molecule has 0 bridgehead atoms. The number of hydrogen-bond donors (Lipinski definition) is 1. The van der Waals surface area contributed by atoms with E-state index in [1.54, 1.807) is 6.07 Å². The van der Waals surface area contributed by atoms with Gasteiger partial charge in [0.15, 0.2) is 0 Å². The first kappa shape index (κ1) is 15.3. The van der Waals surface area contributed by atoms with E-state index >= 15 is 0 Å². The maximum absolute atomic E-state index is 10.9. The predicted molar refractivity (Wildman–Crippen MR) is 81.0 cm³/mol. The van der Waals surface area contributed by atoms with E-state index in [2.05, 4.69) is 23.7 Å². The molecule has 0 saturated heterocycles. The van der Waals surface area contributed by atoms with Crippen LogP contribution in [-0.4, -0.2) is 23.3 Å². The molecule has 1 aromatic carbocycles. The molecule has 102 valence electrons. The Bertz CT molecular complexity index is 461. The lowest BCUT2D eigenvalue weighted by atomic mass is 10.2. The van der Waals surface area contributed by atoms with Crippen LogP contribution in [-0.2, 0) is 0 Å². The van der Waals surface area contributed by atoms with Gasteiger partial charge in [-0.3, -0.25) is 4.79 Å². The van der Waals surface area contributed by atoms with E-state index in [4.69, 9.17) is 11.6 Å². The molecule has 0 aliphatic carbocycles. The molecule has 2 aromatic rings. The zero-order chi connectivity index (χ0) is 14.1. The molecule has 1 heterocycles. The minimum Gasteiger partial charge on any atom is -0.372 e. The van der Waals surface area contributed by atoms with Crippen molar-refractivity contribution in [1.82, 2.24) is 4.98 Å². The van der Waals surface area contributed by atoms with Gasteiger partial charge in [-0.1, -0.05) is 6.07 Å². The maximum atomic E-state index is 10.9. The molecule has 0 fully saturated rings. The summed E-state index contributed by atoms with van der Waals surface area (Å²) in [6, 6.07) is 11.3. The summed E-state index contributed by atoms with van der Waals surface area (Å²) in [5.41, 5.74) is 1.59. The standard InChI is InChI=1S/C11H14ClNO.C4H5N/c1-3-13(4-2)10-7-5-6-9(8-10)11(12)14;1-2-4-5-3-1/h5-8H,3-4H2,1-2H3;1-5H. The van der Waals surface area contributed by atoms with Gasteiger partial charge >= 0.3 is 0 Å². The number of benzene rings is 1. The lowest BCUT2D eigenvalue weighted by Crippen LogP contribution is -2.21. The van der Waals surface area contributed by atoms with Crippen LogP contribution in [0.1, 0.15) is 24.2 Å². The van der Waals surface area contributed by atoms with E-state index in [-0.39, 0.29) is 0 Å². The van der Waals surface area contributed by atoms with Crippen LogP contribution in [0.5, 0.6) is 0 Å². The minimum absolute atomic E-state index is 0.404. The molecule has 0 radical (unpaired) electrons. The Morgan fingerprint density at radius 1 is 1.16 bits per heavy atom. The largest absolute Gasteiger partial charge is 0.372 e. The highest BCUT2D eigenvalue weighted by Crippen LogP contribution is 2.16. The summed E-state index contributed by atoms with van der Waals surface area (Å²) in [4.78, 5) is 16.0. The Morgan fingerprint density at radius 2 is 1.79 bits per heavy atom. The number of anilines is 1. The number of aromatic amines is 1. The summed E-state index contributed by atoms with van der Waals surface area (Å²) in [6.45, 7) is 6.02. The molecule has 1 N–H and O–H groups in total. The SMILES string of the molecule is CCN(CC)c1cccc(C(=O)Cl)c1.c1cc[nH]c1. The Morgan fingerprint density at radius 3 is 2.21 bits per heavy atom. The number of rotatable bonds is 4. The third-order valence-electron chi connectivity index (χ3n) is 2.70. The molecule has 4 heteroatoms. The normalized spacial score (nSPS) is 9.42. The number of aromatic nitrogens is 1. The van der Waals surface area contributed by atoms with E-state index in [1.807, 2.05) is 42.7 Å². The molecule has 1 aromatic heterocycles. The van der Waals surface area contributed by atoms with Gasteiger partial charge < -0.3 is 9.88 Å². The molecule has 0 unspecified atom stereocenters. The van der Waals surface area contributed by atoms with Crippen molar-refractivity contribution in [1.29, 1.82) is 0 Å². The van der Waals surface area contributed by atoms with Gasteiger partial charge in [-0.05, 0) is 55.8 Å². The first-order chi connectivity index (χ1) is 9.19. The minimum atomic E-state index is -0.404. The number of halogens is 1. The summed E-state index contributed by atoms with van der Waals surface area (Å²) in [5, 5.41) is -0.404. The van der Waals surface area contributed by atoms with E-state index in [0.717, 1.165) is 18.8 Å². The third kappa shape index (κ3) is 5.18. The molecular formula is C15H19ClN2O. The number of carbonyl (C=O) groups is 1. The number of nitrogens with zero attached hydrogens (tertiary/aromatic N) is 1. The fourth-order valence-corrected chi connectivity index (χ4v) is 1.81. The van der Waals surface area contributed by atoms with Crippen molar-refractivity contribution in [3.63, 3.8) is 0 Å². The van der Waals surface area contributed by atoms with Gasteiger partial charge in [0.25, 0.3) is 5.24 Å². The second-order valence-corrected chi connectivity index (χ2v) is 4.22. The van der Waals surface area contributed by atoms with Gasteiger partial charge in [-0.25, -0.2) is 0 Å². The first-order valence-electron chi connectivity index (χ1n) is 6.31. The first-order valence-corrected chi connectivity index (χ1v) is 6.69. The lowest BCUT2D eigenvalue weighted by Gasteiger charge is -2.21. The Balaban J connectivity index is 0.000000300. The van der Waals surface area contributed by atoms with Crippen molar-refractivity contribution in [3.05, 3.63) is 54.4 Å². The predicted octanol–water partition coefficient (Wildman–Crippen LogP) is 3.93. The number of hydrogen-bond acceptors (Lipinski definition) is 2. The third-order valence-corrected chi connectivity index (χ3v) is 2.92. The monoisotopic (exact) mass is 278 g/mol. The highest BCUT2D eigenvalue weighted by atomic mass is 35.5. The Kier molecular flexibility index (Phi) is 6.75. The van der Waals surface area contributed by atoms with E-state index in [0.29, 0.717) is 5.56 Å². The van der Waals surface area contributed by atoms with Gasteiger partial charge in [-0.15, -0.1) is 0 Å². The number of nitrogens with one attached hydrogen (secondary N) is 1. The van der Waals surface area contributed by atoms with Gasteiger partial charge in [-0.2, -0.15) is 0 Å². The van der Waals surface area contributed by atoms with Gasteiger partial charge in [0, 0.05) is 36.7 Å². The Labute approximate surface area is 119 Å². The number of carbonyl (C=O) groups excluding carboxylic acids is 1. The lowest BCUT2D eigenvalue weighted by molar-refractivity contribution is 0.108. The summed E-state index contributed by atoms with van der Waals surface area (Å²) in [7, 11) is 0. The molecule has 3 nitrogen and oxygen atoms in total. The summed E-state index contributed by atoms with van der Waals surface area (Å²) >= 11 is 5.41. The van der Waals surface area contributed by atoms with Crippen LogP contribution in [0.15, 0.2) is 48.8 Å². The molecule has 0 saturated carbocycles. The topological polar surface area (TPSA) is 36.1 Å². The molecule has 19 heavy (non-hydrogen) atoms. The highest BCUT2D eigenvalue weighted by Gasteiger charge is 2.05. The van der Waals surface area contributed by atoms with E-state index in [9.17, 15) is 4.79 Å². The van der Waals surface area contributed by atoms with Crippen LogP contribution in [0, 0.1) is 0 Å². The van der Waals surface area contributed by atoms with Gasteiger partial charge in [0.05, 0.1) is 0 Å². The van der Waals surface area contributed by atoms with Crippen molar-refractivity contribution in [2.24, 2.45) is 0 Å². The van der Waals surface area contributed by atoms with Crippen LogP contribution in [0.3, 0.4) is 0 Å². The Hall–Kier alpha value is -1.74. The second kappa shape index (κ2) is 8.38. The van der Waals surface area contributed by atoms with Crippen LogP contribution in [0.25, 0.3) is 0 Å². The zero-order valence-electron chi connectivity index (χ0n) is 11.3. The molecule has 0 spiro atoms. The highest BCUT2D eigenvalue weighted by molar-refractivity contribution is 6.67. The fourth-order valence-electron chi connectivity index (χ4n) is 1.69. The van der Waals surface area contributed by atoms with E-state index in [1.165, 1.54) is 0 Å². The molecular weight excluding hydrogens is 260 g/mol. The quantitative estimate of drug-likeness (QED) is 0.861. The maximum Gasteiger partial charge on any atom is 0.252 e. The molecule has 0 atom stereocenters. The number of H-pyrrole nitrogens is 1. The summed E-state index contributed by atoms with van der Waals surface area (Å²) in [6.07, 6.45) is 3.75. The van der Waals surface area contributed by atoms with Crippen LogP contribution >= 0.6 is 11.6 Å². The zero-order valence-corrected chi connectivity index (χ0v) is 12.0. The summed E-state index contributed by atoms with van der Waals surface area (Å²) < 4.78 is 0. The fraction of sp³-hybridized carbons (Fsp3) is 0.267. The van der Waals surface area contributed by atoms with E-state index < -0.39 is 5.24 Å². The smallest absolute Gasteiger partial charge is 0.252 e. The molecule has 0 amide bonds. The second-order valence-electron chi connectivity index (χ2n) is 3.88. The average molecular weight is 279 g/mol. The van der Waals surface area contributed by atoms with Gasteiger partial charge in [0.1, 0.15) is 0 Å². The summed E-state index contributed by atoms with van der Waals surface area (Å²) in [5.74, 6) is 0.